The Bertz CT molecular complexity index is 860. The zero-order chi connectivity index (χ0) is 17.1. The summed E-state index contributed by atoms with van der Waals surface area (Å²) in [6.07, 6.45) is 0. The average molecular weight is 399 g/mol. The number of carbonyl (C=O) groups is 1. The average Bonchev–Trinajstić information content (AvgIpc) is 3.01. The zero-order valence-electron chi connectivity index (χ0n) is 12.1. The second kappa shape index (κ2) is 7.57. The standard InChI is InChI=1S/C16H10Cl3N3OS/c17-11-3-1-9(2-4-11)14(23)8-24-16-20-15(21-22-16)10-5-12(18)7-13(19)6-10/h1-7H,8H2,(H,20,21,22). The predicted molar refractivity (Wildman–Crippen MR) is 98.3 cm³/mol. The minimum absolute atomic E-state index is 0.0135. The van der Waals surface area contributed by atoms with Crippen LogP contribution in [-0.4, -0.2) is 26.7 Å². The van der Waals surface area contributed by atoms with Gasteiger partial charge in [0.2, 0.25) is 0 Å². The van der Waals surface area contributed by atoms with Crippen LogP contribution in [0.2, 0.25) is 15.1 Å². The Balaban J connectivity index is 1.68. The highest BCUT2D eigenvalue weighted by molar-refractivity contribution is 7.99. The van der Waals surface area contributed by atoms with Gasteiger partial charge >= 0.3 is 0 Å². The maximum Gasteiger partial charge on any atom is 0.189 e. The van der Waals surface area contributed by atoms with Gasteiger partial charge in [-0.05, 0) is 42.5 Å². The normalized spacial score (nSPS) is 10.8. The molecule has 1 aromatic heterocycles. The lowest BCUT2D eigenvalue weighted by atomic mass is 10.1. The topological polar surface area (TPSA) is 58.6 Å². The van der Waals surface area contributed by atoms with Gasteiger partial charge in [0.15, 0.2) is 16.8 Å². The van der Waals surface area contributed by atoms with Crippen molar-refractivity contribution in [3.8, 4) is 11.4 Å². The van der Waals surface area contributed by atoms with Crippen LogP contribution in [0.25, 0.3) is 11.4 Å². The SMILES string of the molecule is O=C(CSc1nnc(-c2cc(Cl)cc(Cl)c2)[nH]1)c1ccc(Cl)cc1. The molecule has 0 saturated carbocycles. The first-order valence-electron chi connectivity index (χ1n) is 6.82. The molecule has 4 nitrogen and oxygen atoms in total. The summed E-state index contributed by atoms with van der Waals surface area (Å²) in [5, 5.41) is 10.3. The molecule has 0 fully saturated rings. The zero-order valence-corrected chi connectivity index (χ0v) is 15.2. The van der Waals surface area contributed by atoms with E-state index in [9.17, 15) is 4.79 Å². The summed E-state index contributed by atoms with van der Waals surface area (Å²) < 4.78 is 0. The van der Waals surface area contributed by atoms with Gasteiger partial charge in [0.25, 0.3) is 0 Å². The van der Waals surface area contributed by atoms with Crippen molar-refractivity contribution in [1.82, 2.24) is 15.2 Å². The lowest BCUT2D eigenvalue weighted by Gasteiger charge is -2.00. The van der Waals surface area contributed by atoms with Crippen molar-refractivity contribution >= 4 is 52.3 Å². The number of hydrogen-bond acceptors (Lipinski definition) is 4. The van der Waals surface area contributed by atoms with Crippen LogP contribution in [0.15, 0.2) is 47.6 Å². The third kappa shape index (κ3) is 4.30. The fourth-order valence-electron chi connectivity index (χ4n) is 1.99. The fourth-order valence-corrected chi connectivity index (χ4v) is 3.34. The predicted octanol–water partition coefficient (Wildman–Crippen LogP) is 5.41. The second-order valence-electron chi connectivity index (χ2n) is 4.86. The van der Waals surface area contributed by atoms with Gasteiger partial charge in [0.1, 0.15) is 0 Å². The summed E-state index contributed by atoms with van der Waals surface area (Å²) in [6, 6.07) is 11.9. The first kappa shape index (κ1) is 17.3. The van der Waals surface area contributed by atoms with E-state index < -0.39 is 0 Å². The Morgan fingerprint density at radius 1 is 0.958 bits per heavy atom. The number of nitrogens with one attached hydrogen (secondary N) is 1. The number of thioether (sulfide) groups is 1. The van der Waals surface area contributed by atoms with Crippen molar-refractivity contribution in [1.29, 1.82) is 0 Å². The Labute approximate surface area is 157 Å². The highest BCUT2D eigenvalue weighted by Gasteiger charge is 2.11. The van der Waals surface area contributed by atoms with E-state index in [-0.39, 0.29) is 11.5 Å². The number of nitrogens with zero attached hydrogens (tertiary/aromatic N) is 2. The Kier molecular flexibility index (Phi) is 5.46. The Hall–Kier alpha value is -1.53. The van der Waals surface area contributed by atoms with Crippen LogP contribution in [0, 0.1) is 0 Å². The maximum atomic E-state index is 12.1. The number of Topliss-reactive ketones (excluding diaryl/α,β-unsaturated/α-hetero) is 1. The summed E-state index contributed by atoms with van der Waals surface area (Å²) in [6.45, 7) is 0. The molecule has 3 rings (SSSR count). The van der Waals surface area contributed by atoms with Gasteiger partial charge < -0.3 is 4.98 Å². The molecule has 1 N–H and O–H groups in total. The van der Waals surface area contributed by atoms with E-state index in [1.54, 1.807) is 42.5 Å². The molecule has 0 aliphatic heterocycles. The van der Waals surface area contributed by atoms with Crippen LogP contribution in [0.5, 0.6) is 0 Å². The van der Waals surface area contributed by atoms with Gasteiger partial charge in [-0.15, -0.1) is 10.2 Å². The third-order valence-electron chi connectivity index (χ3n) is 3.11. The van der Waals surface area contributed by atoms with E-state index in [0.29, 0.717) is 31.6 Å². The van der Waals surface area contributed by atoms with Gasteiger partial charge in [-0.3, -0.25) is 4.79 Å². The smallest absolute Gasteiger partial charge is 0.189 e. The number of carbonyl (C=O) groups excluding carboxylic acids is 1. The monoisotopic (exact) mass is 397 g/mol. The molecule has 0 spiro atoms. The Morgan fingerprint density at radius 2 is 1.62 bits per heavy atom. The molecule has 1 heterocycles. The van der Waals surface area contributed by atoms with Crippen LogP contribution < -0.4 is 0 Å². The van der Waals surface area contributed by atoms with Crippen LogP contribution in [0.3, 0.4) is 0 Å². The van der Waals surface area contributed by atoms with Crippen molar-refractivity contribution in [2.24, 2.45) is 0 Å². The fraction of sp³-hybridized carbons (Fsp3) is 0.0625. The lowest BCUT2D eigenvalue weighted by Crippen LogP contribution is -2.02. The van der Waals surface area contributed by atoms with Gasteiger partial charge in [0, 0.05) is 26.2 Å². The van der Waals surface area contributed by atoms with Crippen molar-refractivity contribution in [2.75, 3.05) is 5.75 Å². The van der Waals surface area contributed by atoms with E-state index in [0.717, 1.165) is 5.56 Å². The number of halogens is 3. The largest absolute Gasteiger partial charge is 0.316 e. The van der Waals surface area contributed by atoms with E-state index in [1.807, 2.05) is 0 Å². The van der Waals surface area contributed by atoms with Gasteiger partial charge in [-0.25, -0.2) is 0 Å². The number of hydrogen-bond donors (Lipinski definition) is 1. The molecule has 24 heavy (non-hydrogen) atoms. The van der Waals surface area contributed by atoms with Crippen molar-refractivity contribution in [3.05, 3.63) is 63.1 Å². The minimum Gasteiger partial charge on any atom is -0.316 e. The summed E-state index contributed by atoms with van der Waals surface area (Å²) >= 11 is 19.1. The number of aromatic amines is 1. The third-order valence-corrected chi connectivity index (χ3v) is 4.66. The number of H-pyrrole nitrogens is 1. The van der Waals surface area contributed by atoms with E-state index in [4.69, 9.17) is 34.8 Å². The van der Waals surface area contributed by atoms with Crippen LogP contribution >= 0.6 is 46.6 Å². The molecule has 0 amide bonds. The summed E-state index contributed by atoms with van der Waals surface area (Å²) in [7, 11) is 0. The minimum atomic E-state index is -0.0135. The lowest BCUT2D eigenvalue weighted by molar-refractivity contribution is 0.102. The quantitative estimate of drug-likeness (QED) is 0.461. The number of aromatic nitrogens is 3. The summed E-state index contributed by atoms with van der Waals surface area (Å²) in [5.41, 5.74) is 1.34. The van der Waals surface area contributed by atoms with Crippen LogP contribution in [0.1, 0.15) is 10.4 Å². The van der Waals surface area contributed by atoms with E-state index in [2.05, 4.69) is 15.2 Å². The molecular weight excluding hydrogens is 389 g/mol. The molecular formula is C16H10Cl3N3OS. The van der Waals surface area contributed by atoms with Gasteiger partial charge in [-0.2, -0.15) is 0 Å². The van der Waals surface area contributed by atoms with E-state index >= 15 is 0 Å². The molecule has 8 heteroatoms. The first-order valence-corrected chi connectivity index (χ1v) is 8.94. The molecule has 0 unspecified atom stereocenters. The number of ketones is 1. The van der Waals surface area contributed by atoms with Crippen molar-refractivity contribution < 1.29 is 4.79 Å². The molecule has 0 saturated heterocycles. The molecule has 0 radical (unpaired) electrons. The molecule has 2 aromatic carbocycles. The van der Waals surface area contributed by atoms with E-state index in [1.165, 1.54) is 11.8 Å². The summed E-state index contributed by atoms with van der Waals surface area (Å²) in [4.78, 5) is 15.2. The molecule has 0 bridgehead atoms. The first-order chi connectivity index (χ1) is 11.5. The Morgan fingerprint density at radius 3 is 2.29 bits per heavy atom. The molecule has 122 valence electrons. The van der Waals surface area contributed by atoms with Gasteiger partial charge in [0.05, 0.1) is 5.75 Å². The number of rotatable bonds is 5. The van der Waals surface area contributed by atoms with Crippen LogP contribution in [0.4, 0.5) is 0 Å². The summed E-state index contributed by atoms with van der Waals surface area (Å²) in [5.74, 6) is 0.772. The van der Waals surface area contributed by atoms with Crippen molar-refractivity contribution in [2.45, 2.75) is 5.16 Å². The van der Waals surface area contributed by atoms with Gasteiger partial charge in [-0.1, -0.05) is 46.6 Å². The molecule has 3 aromatic rings. The van der Waals surface area contributed by atoms with Crippen LogP contribution in [-0.2, 0) is 0 Å². The highest BCUT2D eigenvalue weighted by Crippen LogP contribution is 2.26. The number of benzene rings is 2. The maximum absolute atomic E-state index is 12.1. The highest BCUT2D eigenvalue weighted by atomic mass is 35.5. The molecule has 0 aliphatic carbocycles. The van der Waals surface area contributed by atoms with Crippen molar-refractivity contribution in [3.63, 3.8) is 0 Å². The molecule has 0 atom stereocenters. The molecule has 0 aliphatic rings. The second-order valence-corrected chi connectivity index (χ2v) is 7.13.